The van der Waals surface area contributed by atoms with Crippen LogP contribution in [-0.4, -0.2) is 40.9 Å². The summed E-state index contributed by atoms with van der Waals surface area (Å²) in [5.41, 5.74) is 3.44. The number of hydrogen-bond donors (Lipinski definition) is 0. The number of methoxy groups -OCH3 is 3. The molecule has 6 aromatic rings. The van der Waals surface area contributed by atoms with E-state index in [0.717, 1.165) is 33.2 Å². The Labute approximate surface area is 235 Å². The summed E-state index contributed by atoms with van der Waals surface area (Å²) < 4.78 is 30.7. The normalized spacial score (nSPS) is 13.8. The number of aromatic nitrogens is 4. The highest BCUT2D eigenvalue weighted by atomic mass is 16.5. The first-order chi connectivity index (χ1) is 20.2. The lowest BCUT2D eigenvalue weighted by atomic mass is 9.81. The molecule has 3 heterocycles. The van der Waals surface area contributed by atoms with Crippen LogP contribution < -0.4 is 23.7 Å². The number of ether oxygens (including phenoxy) is 5. The fraction of sp³-hybridized carbons (Fsp3) is 0.156. The summed E-state index contributed by atoms with van der Waals surface area (Å²) in [6.45, 7) is 0.151. The van der Waals surface area contributed by atoms with Gasteiger partial charge in [0.1, 0.15) is 18.7 Å². The smallest absolute Gasteiger partial charge is 0.228 e. The molecular weight excluding hydrogens is 520 g/mol. The molecule has 4 aromatic carbocycles. The first-order valence-electron chi connectivity index (χ1n) is 13.1. The predicted octanol–water partition coefficient (Wildman–Crippen LogP) is 6.17. The van der Waals surface area contributed by atoms with E-state index in [1.54, 1.807) is 32.2 Å². The molecular formula is C32H26N4O5. The van der Waals surface area contributed by atoms with Gasteiger partial charge in [-0.1, -0.05) is 48.5 Å². The number of benzene rings is 4. The van der Waals surface area contributed by atoms with Crippen LogP contribution in [0.5, 0.6) is 34.6 Å². The summed E-state index contributed by atoms with van der Waals surface area (Å²) in [7, 11) is 4.87. The van der Waals surface area contributed by atoms with Crippen LogP contribution in [0, 0.1) is 0 Å². The summed E-state index contributed by atoms with van der Waals surface area (Å²) in [5.74, 6) is 3.98. The van der Waals surface area contributed by atoms with Crippen molar-refractivity contribution in [2.24, 2.45) is 0 Å². The van der Waals surface area contributed by atoms with E-state index in [2.05, 4.69) is 28.3 Å². The molecule has 1 atom stereocenters. The predicted molar refractivity (Wildman–Crippen MR) is 153 cm³/mol. The molecule has 1 aliphatic heterocycles. The van der Waals surface area contributed by atoms with Gasteiger partial charge in [0, 0.05) is 11.5 Å². The third-order valence-corrected chi connectivity index (χ3v) is 7.31. The van der Waals surface area contributed by atoms with Crippen LogP contribution in [0.4, 0.5) is 0 Å². The summed E-state index contributed by atoms with van der Waals surface area (Å²) >= 11 is 0. The molecule has 9 heteroatoms. The van der Waals surface area contributed by atoms with E-state index in [1.165, 1.54) is 0 Å². The van der Waals surface area contributed by atoms with E-state index < -0.39 is 0 Å². The lowest BCUT2D eigenvalue weighted by Gasteiger charge is -2.29. The number of fused-ring (bicyclic) bond motifs is 6. The van der Waals surface area contributed by atoms with E-state index >= 15 is 0 Å². The average Bonchev–Trinajstić information content (AvgIpc) is 3.46. The lowest BCUT2D eigenvalue weighted by molar-refractivity contribution is 0.276. The molecule has 0 saturated heterocycles. The molecule has 7 rings (SSSR count). The minimum Gasteiger partial charge on any atom is -0.493 e. The summed E-state index contributed by atoms with van der Waals surface area (Å²) in [6.07, 6.45) is 1.62. The Kier molecular flexibility index (Phi) is 6.04. The molecule has 0 aliphatic carbocycles. The third kappa shape index (κ3) is 4.13. The number of hydrogen-bond acceptors (Lipinski definition) is 8. The maximum atomic E-state index is 6.42. The Morgan fingerprint density at radius 1 is 0.780 bits per heavy atom. The van der Waals surface area contributed by atoms with Crippen molar-refractivity contribution in [3.8, 4) is 34.6 Å². The molecule has 0 N–H and O–H groups in total. The highest BCUT2D eigenvalue weighted by Gasteiger charge is 2.35. The summed E-state index contributed by atoms with van der Waals surface area (Å²) in [4.78, 5) is 9.57. The zero-order chi connectivity index (χ0) is 27.9. The molecule has 2 aromatic heterocycles. The van der Waals surface area contributed by atoms with Gasteiger partial charge in [-0.25, -0.2) is 14.5 Å². The van der Waals surface area contributed by atoms with Gasteiger partial charge >= 0.3 is 0 Å². The van der Waals surface area contributed by atoms with E-state index in [0.29, 0.717) is 40.3 Å². The maximum absolute atomic E-state index is 6.42. The van der Waals surface area contributed by atoms with Gasteiger partial charge in [0.15, 0.2) is 34.5 Å². The van der Waals surface area contributed by atoms with Crippen molar-refractivity contribution in [2.45, 2.75) is 12.5 Å². The molecule has 0 unspecified atom stereocenters. The zero-order valence-electron chi connectivity index (χ0n) is 22.7. The SMILES string of the molecule is COc1ccc([C@H]2c3c(ccc4ccccc34)Oc3ncn4nc(COc5ccccc5OC)nc4c32)cc1OC. The molecule has 0 amide bonds. The summed E-state index contributed by atoms with van der Waals surface area (Å²) in [6, 6.07) is 25.8. The Morgan fingerprint density at radius 2 is 1.54 bits per heavy atom. The quantitative estimate of drug-likeness (QED) is 0.235. The van der Waals surface area contributed by atoms with Crippen LogP contribution in [0.3, 0.4) is 0 Å². The average molecular weight is 547 g/mol. The molecule has 0 radical (unpaired) electrons. The van der Waals surface area contributed by atoms with Crippen molar-refractivity contribution in [3.05, 3.63) is 108 Å². The Bertz CT molecular complexity index is 1920. The molecule has 0 bridgehead atoms. The van der Waals surface area contributed by atoms with Gasteiger partial charge in [0.25, 0.3) is 0 Å². The van der Waals surface area contributed by atoms with Crippen molar-refractivity contribution < 1.29 is 23.7 Å². The van der Waals surface area contributed by atoms with Gasteiger partial charge in [-0.15, -0.1) is 5.10 Å². The van der Waals surface area contributed by atoms with E-state index in [9.17, 15) is 0 Å². The van der Waals surface area contributed by atoms with E-state index in [-0.39, 0.29) is 12.5 Å². The molecule has 1 aliphatic rings. The van der Waals surface area contributed by atoms with Gasteiger partial charge in [0.05, 0.1) is 26.9 Å². The van der Waals surface area contributed by atoms with Gasteiger partial charge in [0.2, 0.25) is 5.88 Å². The highest BCUT2D eigenvalue weighted by Crippen LogP contribution is 2.51. The molecule has 0 spiro atoms. The third-order valence-electron chi connectivity index (χ3n) is 7.31. The second-order valence-electron chi connectivity index (χ2n) is 9.55. The van der Waals surface area contributed by atoms with Crippen molar-refractivity contribution in [2.75, 3.05) is 21.3 Å². The summed E-state index contributed by atoms with van der Waals surface area (Å²) in [5, 5.41) is 6.86. The first kappa shape index (κ1) is 24.7. The Hall–Kier alpha value is -5.31. The van der Waals surface area contributed by atoms with E-state index in [4.69, 9.17) is 28.7 Å². The largest absolute Gasteiger partial charge is 0.493 e. The van der Waals surface area contributed by atoms with Crippen LogP contribution in [0.2, 0.25) is 0 Å². The highest BCUT2D eigenvalue weighted by molar-refractivity contribution is 5.91. The molecule has 9 nitrogen and oxygen atoms in total. The molecule has 41 heavy (non-hydrogen) atoms. The van der Waals surface area contributed by atoms with Gasteiger partial charge in [-0.2, -0.15) is 0 Å². The van der Waals surface area contributed by atoms with Crippen LogP contribution in [-0.2, 0) is 6.61 Å². The minimum atomic E-state index is -0.275. The molecule has 204 valence electrons. The van der Waals surface area contributed by atoms with E-state index in [1.807, 2.05) is 60.7 Å². The maximum Gasteiger partial charge on any atom is 0.228 e. The molecule has 0 fully saturated rings. The van der Waals surface area contributed by atoms with Crippen LogP contribution >= 0.6 is 0 Å². The van der Waals surface area contributed by atoms with Crippen LogP contribution in [0.1, 0.15) is 28.4 Å². The second kappa shape index (κ2) is 10.0. The molecule has 0 saturated carbocycles. The number of rotatable bonds is 7. The van der Waals surface area contributed by atoms with Crippen molar-refractivity contribution in [1.29, 1.82) is 0 Å². The van der Waals surface area contributed by atoms with Gasteiger partial charge in [-0.05, 0) is 46.7 Å². The van der Waals surface area contributed by atoms with Crippen molar-refractivity contribution >= 4 is 16.4 Å². The lowest BCUT2D eigenvalue weighted by Crippen LogP contribution is -2.15. The standard InChI is InChI=1S/C32H26N4O5/c1-37-22-10-6-7-11-24(22)40-17-27-34-31-30-28(20-13-14-23(38-2)26(16-20)39-3)29-21-9-5-4-8-19(21)12-15-25(29)41-32(30)33-18-36(31)35-27/h4-16,18,28H,17H2,1-3H3/t28-/m0/s1. The minimum absolute atomic E-state index is 0.151. The first-order valence-corrected chi connectivity index (χ1v) is 13.1. The Balaban J connectivity index is 1.40. The second-order valence-corrected chi connectivity index (χ2v) is 9.55. The monoisotopic (exact) mass is 546 g/mol. The fourth-order valence-corrected chi connectivity index (χ4v) is 5.46. The van der Waals surface area contributed by atoms with Crippen molar-refractivity contribution in [1.82, 2.24) is 19.6 Å². The van der Waals surface area contributed by atoms with Gasteiger partial charge < -0.3 is 23.7 Å². The van der Waals surface area contributed by atoms with Crippen molar-refractivity contribution in [3.63, 3.8) is 0 Å². The Morgan fingerprint density at radius 3 is 2.37 bits per heavy atom. The van der Waals surface area contributed by atoms with Gasteiger partial charge in [-0.3, -0.25) is 0 Å². The number of para-hydroxylation sites is 2. The fourth-order valence-electron chi connectivity index (χ4n) is 5.46. The number of nitrogens with zero attached hydrogens (tertiary/aromatic N) is 4. The van der Waals surface area contributed by atoms with Crippen LogP contribution in [0.15, 0.2) is 85.2 Å². The van der Waals surface area contributed by atoms with Crippen LogP contribution in [0.25, 0.3) is 16.4 Å². The zero-order valence-corrected chi connectivity index (χ0v) is 22.7. The topological polar surface area (TPSA) is 89.2 Å².